The highest BCUT2D eigenvalue weighted by molar-refractivity contribution is 6.12. The minimum atomic E-state index is -0.565. The molecule has 1 N–H and O–H groups in total. The van der Waals surface area contributed by atoms with Crippen LogP contribution in [0.15, 0.2) is 77.8 Å². The van der Waals surface area contributed by atoms with Gasteiger partial charge < -0.3 is 5.11 Å². The predicted molar refractivity (Wildman–Crippen MR) is 103 cm³/mol. The first-order valence-corrected chi connectivity index (χ1v) is 8.75. The molecule has 2 heteroatoms. The van der Waals surface area contributed by atoms with Crippen LogP contribution < -0.4 is 0 Å². The lowest BCUT2D eigenvalue weighted by Gasteiger charge is -2.15. The minimum Gasteiger partial charge on any atom is -0.387 e. The van der Waals surface area contributed by atoms with Gasteiger partial charge in [0.15, 0.2) is 0 Å². The molecule has 126 valence electrons. The standard InChI is InChI=1S/C22H27NO/c1-3-4-5-12-17-21(24)18(2)23-22(19-13-8-6-9-14-19)20-15-10-7-11-16-20/h6-18,21,24H,3-5H2,1-2H3/b17-12+/t18-,21-/m0/s1. The van der Waals surface area contributed by atoms with E-state index in [0.29, 0.717) is 0 Å². The van der Waals surface area contributed by atoms with E-state index >= 15 is 0 Å². The molecule has 0 saturated heterocycles. The molecule has 2 aromatic rings. The number of aliphatic hydroxyl groups is 1. The van der Waals surface area contributed by atoms with Crippen LogP contribution in [0.2, 0.25) is 0 Å². The third kappa shape index (κ3) is 5.47. The molecule has 0 radical (unpaired) electrons. The highest BCUT2D eigenvalue weighted by Crippen LogP contribution is 2.14. The average Bonchev–Trinajstić information content (AvgIpc) is 2.64. The second kappa shape index (κ2) is 9.84. The maximum atomic E-state index is 10.4. The second-order valence-corrected chi connectivity index (χ2v) is 6.01. The fraction of sp³-hybridized carbons (Fsp3) is 0.318. The average molecular weight is 321 g/mol. The Morgan fingerprint density at radius 1 is 1.00 bits per heavy atom. The van der Waals surface area contributed by atoms with Crippen LogP contribution in [0.3, 0.4) is 0 Å². The van der Waals surface area contributed by atoms with Crippen molar-refractivity contribution in [3.8, 4) is 0 Å². The molecule has 0 spiro atoms. The van der Waals surface area contributed by atoms with Gasteiger partial charge in [0, 0.05) is 11.1 Å². The van der Waals surface area contributed by atoms with Crippen molar-refractivity contribution in [1.29, 1.82) is 0 Å². The van der Waals surface area contributed by atoms with Gasteiger partial charge in [0.1, 0.15) is 0 Å². The van der Waals surface area contributed by atoms with Gasteiger partial charge in [0.05, 0.1) is 17.9 Å². The van der Waals surface area contributed by atoms with Crippen molar-refractivity contribution in [1.82, 2.24) is 0 Å². The maximum absolute atomic E-state index is 10.4. The largest absolute Gasteiger partial charge is 0.387 e. The summed E-state index contributed by atoms with van der Waals surface area (Å²) in [5.41, 5.74) is 3.06. The van der Waals surface area contributed by atoms with Crippen LogP contribution in [0.25, 0.3) is 0 Å². The summed E-state index contributed by atoms with van der Waals surface area (Å²) in [4.78, 5) is 4.83. The van der Waals surface area contributed by atoms with Gasteiger partial charge >= 0.3 is 0 Å². The SMILES string of the molecule is CCCC/C=C/[C@H](O)[C@H](C)N=C(c1ccccc1)c1ccccc1. The first-order valence-electron chi connectivity index (χ1n) is 8.75. The number of nitrogens with zero attached hydrogens (tertiary/aromatic N) is 1. The van der Waals surface area contributed by atoms with Crippen LogP contribution in [0.5, 0.6) is 0 Å². The van der Waals surface area contributed by atoms with E-state index in [4.69, 9.17) is 4.99 Å². The Kier molecular flexibility index (Phi) is 7.44. The van der Waals surface area contributed by atoms with Crippen LogP contribution in [-0.2, 0) is 0 Å². The molecule has 0 aliphatic rings. The Bertz CT molecular complexity index is 605. The van der Waals surface area contributed by atoms with E-state index in [1.807, 2.05) is 49.4 Å². The number of allylic oxidation sites excluding steroid dienone is 1. The van der Waals surface area contributed by atoms with Crippen LogP contribution in [0.1, 0.15) is 44.2 Å². The van der Waals surface area contributed by atoms with E-state index in [1.54, 1.807) is 0 Å². The van der Waals surface area contributed by atoms with Gasteiger partial charge in [0.25, 0.3) is 0 Å². The van der Waals surface area contributed by atoms with Crippen LogP contribution in [0, 0.1) is 0 Å². The summed E-state index contributed by atoms with van der Waals surface area (Å²) in [5.74, 6) is 0. The first-order chi connectivity index (χ1) is 11.7. The zero-order valence-corrected chi connectivity index (χ0v) is 14.6. The molecule has 24 heavy (non-hydrogen) atoms. The zero-order chi connectivity index (χ0) is 17.2. The third-order valence-corrected chi connectivity index (χ3v) is 3.98. The third-order valence-electron chi connectivity index (χ3n) is 3.98. The fourth-order valence-electron chi connectivity index (χ4n) is 2.51. The van der Waals surface area contributed by atoms with Gasteiger partial charge in [-0.15, -0.1) is 0 Å². The summed E-state index contributed by atoms with van der Waals surface area (Å²) in [7, 11) is 0. The van der Waals surface area contributed by atoms with E-state index in [1.165, 1.54) is 6.42 Å². The Balaban J connectivity index is 2.23. The topological polar surface area (TPSA) is 32.6 Å². The van der Waals surface area contributed by atoms with Crippen molar-refractivity contribution in [2.24, 2.45) is 4.99 Å². The van der Waals surface area contributed by atoms with E-state index < -0.39 is 6.10 Å². The molecule has 0 unspecified atom stereocenters. The van der Waals surface area contributed by atoms with Gasteiger partial charge in [-0.05, 0) is 13.3 Å². The van der Waals surface area contributed by atoms with Gasteiger partial charge in [-0.1, -0.05) is 92.6 Å². The maximum Gasteiger partial charge on any atom is 0.0941 e. The summed E-state index contributed by atoms with van der Waals surface area (Å²) in [6.45, 7) is 4.13. The lowest BCUT2D eigenvalue weighted by atomic mass is 10.0. The number of rotatable bonds is 8. The quantitative estimate of drug-likeness (QED) is 0.413. The smallest absolute Gasteiger partial charge is 0.0941 e. The number of unbranched alkanes of at least 4 members (excludes halogenated alkanes) is 2. The molecule has 0 aromatic heterocycles. The molecule has 0 amide bonds. The molecular formula is C22H27NO. The molecule has 0 bridgehead atoms. The van der Waals surface area contributed by atoms with Crippen LogP contribution in [-0.4, -0.2) is 23.0 Å². The second-order valence-electron chi connectivity index (χ2n) is 6.01. The molecule has 0 aliphatic carbocycles. The van der Waals surface area contributed by atoms with Crippen LogP contribution >= 0.6 is 0 Å². The van der Waals surface area contributed by atoms with Crippen LogP contribution in [0.4, 0.5) is 0 Å². The highest BCUT2D eigenvalue weighted by atomic mass is 16.3. The molecular weight excluding hydrogens is 294 g/mol. The van der Waals surface area contributed by atoms with Gasteiger partial charge in [-0.3, -0.25) is 4.99 Å². The highest BCUT2D eigenvalue weighted by Gasteiger charge is 2.13. The Labute approximate surface area is 145 Å². The van der Waals surface area contributed by atoms with Gasteiger partial charge in [-0.25, -0.2) is 0 Å². The Hall–Kier alpha value is -2.19. The molecule has 0 fully saturated rings. The molecule has 2 atom stereocenters. The van der Waals surface area contributed by atoms with E-state index in [2.05, 4.69) is 37.3 Å². The van der Waals surface area contributed by atoms with Gasteiger partial charge in [0.2, 0.25) is 0 Å². The summed E-state index contributed by atoms with van der Waals surface area (Å²) < 4.78 is 0. The number of aliphatic imine (C=N–C) groups is 1. The number of aliphatic hydroxyl groups excluding tert-OH is 1. The summed E-state index contributed by atoms with van der Waals surface area (Å²) >= 11 is 0. The van der Waals surface area contributed by atoms with Crippen molar-refractivity contribution in [2.75, 3.05) is 0 Å². The monoisotopic (exact) mass is 321 g/mol. The van der Waals surface area contributed by atoms with Crippen molar-refractivity contribution >= 4 is 5.71 Å². The lowest BCUT2D eigenvalue weighted by Crippen LogP contribution is -2.21. The Morgan fingerprint density at radius 2 is 1.54 bits per heavy atom. The number of hydrogen-bond acceptors (Lipinski definition) is 2. The Morgan fingerprint density at radius 3 is 2.04 bits per heavy atom. The van der Waals surface area contributed by atoms with Crippen molar-refractivity contribution in [3.63, 3.8) is 0 Å². The molecule has 0 saturated carbocycles. The minimum absolute atomic E-state index is 0.196. The van der Waals surface area contributed by atoms with Gasteiger partial charge in [-0.2, -0.15) is 0 Å². The molecule has 2 aromatic carbocycles. The molecule has 0 aliphatic heterocycles. The molecule has 0 heterocycles. The first kappa shape index (κ1) is 18.2. The van der Waals surface area contributed by atoms with E-state index in [9.17, 15) is 5.11 Å². The van der Waals surface area contributed by atoms with Crippen molar-refractivity contribution in [2.45, 2.75) is 45.3 Å². The summed E-state index contributed by atoms with van der Waals surface area (Å²) in [5, 5.41) is 10.4. The normalized spacial score (nSPS) is 13.6. The lowest BCUT2D eigenvalue weighted by molar-refractivity contribution is 0.199. The van der Waals surface area contributed by atoms with Crippen molar-refractivity contribution in [3.05, 3.63) is 83.9 Å². The van der Waals surface area contributed by atoms with E-state index in [0.717, 1.165) is 29.7 Å². The number of hydrogen-bond donors (Lipinski definition) is 1. The van der Waals surface area contributed by atoms with E-state index in [-0.39, 0.29) is 6.04 Å². The fourth-order valence-corrected chi connectivity index (χ4v) is 2.51. The van der Waals surface area contributed by atoms with Crippen molar-refractivity contribution < 1.29 is 5.11 Å². The zero-order valence-electron chi connectivity index (χ0n) is 14.6. The molecule has 2 nitrogen and oxygen atoms in total. The number of benzene rings is 2. The molecule has 2 rings (SSSR count). The summed E-state index contributed by atoms with van der Waals surface area (Å²) in [6, 6.07) is 20.1. The predicted octanol–water partition coefficient (Wildman–Crippen LogP) is 5.02. The summed E-state index contributed by atoms with van der Waals surface area (Å²) in [6.07, 6.45) is 6.70.